The van der Waals surface area contributed by atoms with Crippen LogP contribution in [0.2, 0.25) is 0 Å². The quantitative estimate of drug-likeness (QED) is 0.747. The average Bonchev–Trinajstić information content (AvgIpc) is 2.97. The maximum atomic E-state index is 12.7. The van der Waals surface area contributed by atoms with Gasteiger partial charge in [-0.15, -0.1) is 0 Å². The Morgan fingerprint density at radius 1 is 1.17 bits per heavy atom. The predicted molar refractivity (Wildman–Crippen MR) is 94.1 cm³/mol. The smallest absolute Gasteiger partial charge is 0.251 e. The van der Waals surface area contributed by atoms with Crippen LogP contribution in [0.15, 0.2) is 41.3 Å². The van der Waals surface area contributed by atoms with E-state index in [0.29, 0.717) is 11.8 Å². The molecule has 5 rings (SSSR count). The van der Waals surface area contributed by atoms with E-state index < -0.39 is 0 Å². The highest BCUT2D eigenvalue weighted by Crippen LogP contribution is 2.34. The van der Waals surface area contributed by atoms with Crippen LogP contribution in [-0.4, -0.2) is 27.4 Å². The zero-order valence-electron chi connectivity index (χ0n) is 13.7. The van der Waals surface area contributed by atoms with E-state index in [1.807, 2.05) is 22.5 Å². The molecule has 0 unspecified atom stereocenters. The molecule has 3 aromatic rings. The molecule has 2 aliphatic heterocycles. The van der Waals surface area contributed by atoms with Crippen molar-refractivity contribution in [2.45, 2.75) is 18.9 Å². The highest BCUT2D eigenvalue weighted by atomic mass is 16.1. The Bertz CT molecular complexity index is 1000. The van der Waals surface area contributed by atoms with E-state index in [1.54, 1.807) is 6.07 Å². The molecule has 24 heavy (non-hydrogen) atoms. The van der Waals surface area contributed by atoms with Crippen molar-refractivity contribution in [3.63, 3.8) is 0 Å². The number of aromatic nitrogens is 3. The topological polar surface area (TPSA) is 51.9 Å². The molecule has 1 N–H and O–H groups in total. The van der Waals surface area contributed by atoms with Gasteiger partial charge in [-0.3, -0.25) is 9.48 Å². The number of nitrogens with zero attached hydrogens (tertiary/aromatic N) is 3. The minimum absolute atomic E-state index is 0.130. The van der Waals surface area contributed by atoms with Gasteiger partial charge in [0.2, 0.25) is 0 Å². The number of rotatable bonds is 1. The summed E-state index contributed by atoms with van der Waals surface area (Å²) in [6.45, 7) is 2.85. The zero-order chi connectivity index (χ0) is 16.3. The van der Waals surface area contributed by atoms with Crippen LogP contribution in [0.3, 0.4) is 0 Å². The molecule has 2 bridgehead atoms. The van der Waals surface area contributed by atoms with Crippen molar-refractivity contribution in [1.29, 1.82) is 0 Å². The van der Waals surface area contributed by atoms with Crippen LogP contribution in [0.1, 0.15) is 18.0 Å². The Morgan fingerprint density at radius 2 is 2.08 bits per heavy atom. The fourth-order valence-electron chi connectivity index (χ4n) is 4.31. The number of benzene rings is 1. The molecule has 0 radical (unpaired) electrons. The third-order valence-corrected chi connectivity index (χ3v) is 5.54. The number of hydrogen-bond donors (Lipinski definition) is 1. The number of nitrogens with one attached hydrogen (secondary N) is 1. The Morgan fingerprint density at radius 3 is 3.00 bits per heavy atom. The molecule has 4 heterocycles. The van der Waals surface area contributed by atoms with Gasteiger partial charge in [0, 0.05) is 43.2 Å². The van der Waals surface area contributed by atoms with E-state index in [4.69, 9.17) is 0 Å². The molecule has 2 atom stereocenters. The summed E-state index contributed by atoms with van der Waals surface area (Å²) in [6.07, 6.45) is 3.07. The normalized spacial score (nSPS) is 22.5. The summed E-state index contributed by atoms with van der Waals surface area (Å²) in [7, 11) is 1.94. The third-order valence-electron chi connectivity index (χ3n) is 5.54. The predicted octanol–water partition coefficient (Wildman–Crippen LogP) is 2.11. The van der Waals surface area contributed by atoms with Gasteiger partial charge in [0.1, 0.15) is 0 Å². The molecule has 2 aliphatic rings. The molecule has 1 aromatic carbocycles. The second-order valence-corrected chi connectivity index (χ2v) is 7.12. The lowest BCUT2D eigenvalue weighted by molar-refractivity contribution is 0.257. The summed E-state index contributed by atoms with van der Waals surface area (Å²) in [5.41, 5.74) is 4.52. The van der Waals surface area contributed by atoms with Crippen molar-refractivity contribution in [2.75, 3.05) is 13.1 Å². The number of piperidine rings is 1. The van der Waals surface area contributed by atoms with E-state index >= 15 is 0 Å². The lowest BCUT2D eigenvalue weighted by Crippen LogP contribution is -2.44. The van der Waals surface area contributed by atoms with Crippen LogP contribution >= 0.6 is 0 Å². The number of fused-ring (bicyclic) bond motifs is 5. The van der Waals surface area contributed by atoms with Gasteiger partial charge in [-0.1, -0.05) is 6.07 Å². The fraction of sp³-hybridized carbons (Fsp3) is 0.368. The molecule has 5 nitrogen and oxygen atoms in total. The van der Waals surface area contributed by atoms with E-state index in [2.05, 4.69) is 34.7 Å². The number of hydrogen-bond acceptors (Lipinski definition) is 3. The molecule has 5 heteroatoms. The van der Waals surface area contributed by atoms with E-state index in [9.17, 15) is 4.79 Å². The van der Waals surface area contributed by atoms with Crippen molar-refractivity contribution in [2.24, 2.45) is 13.0 Å². The summed E-state index contributed by atoms with van der Waals surface area (Å²) in [5, 5.41) is 8.91. The van der Waals surface area contributed by atoms with Crippen molar-refractivity contribution < 1.29 is 0 Å². The first-order chi connectivity index (χ1) is 11.7. The van der Waals surface area contributed by atoms with Crippen LogP contribution < -0.4 is 10.9 Å². The molecule has 2 aromatic heterocycles. The van der Waals surface area contributed by atoms with Gasteiger partial charge in [-0.2, -0.15) is 5.10 Å². The van der Waals surface area contributed by atoms with Crippen LogP contribution in [0.4, 0.5) is 0 Å². The molecular formula is C19H20N4O. The van der Waals surface area contributed by atoms with Gasteiger partial charge in [0.05, 0.1) is 11.7 Å². The highest BCUT2D eigenvalue weighted by Gasteiger charge is 2.31. The van der Waals surface area contributed by atoms with Gasteiger partial charge in [0.25, 0.3) is 5.56 Å². The molecule has 122 valence electrons. The molecule has 0 saturated carbocycles. The molecular weight excluding hydrogens is 300 g/mol. The molecule has 0 aliphatic carbocycles. The van der Waals surface area contributed by atoms with Crippen molar-refractivity contribution in [1.82, 2.24) is 19.7 Å². The Kier molecular flexibility index (Phi) is 2.94. The summed E-state index contributed by atoms with van der Waals surface area (Å²) < 4.78 is 3.86. The van der Waals surface area contributed by atoms with Gasteiger partial charge in [-0.05, 0) is 48.2 Å². The Balaban J connectivity index is 1.66. The largest absolute Gasteiger partial charge is 0.316 e. The SMILES string of the molecule is Cn1ncc2cc(-c3cc4n(c(=O)c3)C[C@@H]3CNC[C@H]4C3)ccc21. The van der Waals surface area contributed by atoms with Crippen LogP contribution in [0, 0.1) is 5.92 Å². The molecule has 0 spiro atoms. The third kappa shape index (κ3) is 2.04. The van der Waals surface area contributed by atoms with Crippen LogP contribution in [0.5, 0.6) is 0 Å². The Hall–Kier alpha value is -2.40. The van der Waals surface area contributed by atoms with Gasteiger partial charge in [0.15, 0.2) is 0 Å². The van der Waals surface area contributed by atoms with Gasteiger partial charge in [-0.25, -0.2) is 0 Å². The number of pyridine rings is 1. The van der Waals surface area contributed by atoms with E-state index in [0.717, 1.165) is 41.7 Å². The van der Waals surface area contributed by atoms with E-state index in [1.165, 1.54) is 12.1 Å². The molecule has 1 fully saturated rings. The van der Waals surface area contributed by atoms with Gasteiger partial charge >= 0.3 is 0 Å². The first-order valence-corrected chi connectivity index (χ1v) is 8.57. The van der Waals surface area contributed by atoms with Crippen molar-refractivity contribution in [3.05, 3.63) is 52.6 Å². The monoisotopic (exact) mass is 320 g/mol. The first kappa shape index (κ1) is 14.0. The number of aryl methyl sites for hydroxylation is 1. The summed E-state index contributed by atoms with van der Waals surface area (Å²) in [5.74, 6) is 1.04. The Labute approximate surface area is 139 Å². The average molecular weight is 320 g/mol. The minimum atomic E-state index is 0.130. The van der Waals surface area contributed by atoms with E-state index in [-0.39, 0.29) is 5.56 Å². The molecule has 1 saturated heterocycles. The fourth-order valence-corrected chi connectivity index (χ4v) is 4.31. The van der Waals surface area contributed by atoms with Crippen molar-refractivity contribution in [3.8, 4) is 11.1 Å². The summed E-state index contributed by atoms with van der Waals surface area (Å²) in [6, 6.07) is 10.3. The van der Waals surface area contributed by atoms with Crippen LogP contribution in [-0.2, 0) is 13.6 Å². The van der Waals surface area contributed by atoms with Gasteiger partial charge < -0.3 is 9.88 Å². The van der Waals surface area contributed by atoms with Crippen molar-refractivity contribution >= 4 is 10.9 Å². The summed E-state index contributed by atoms with van der Waals surface area (Å²) in [4.78, 5) is 12.7. The first-order valence-electron chi connectivity index (χ1n) is 8.57. The second-order valence-electron chi connectivity index (χ2n) is 7.12. The lowest BCUT2D eigenvalue weighted by Gasteiger charge is -2.37. The highest BCUT2D eigenvalue weighted by molar-refractivity contribution is 5.84. The maximum Gasteiger partial charge on any atom is 0.251 e. The second kappa shape index (κ2) is 5.05. The lowest BCUT2D eigenvalue weighted by atomic mass is 9.83. The maximum absolute atomic E-state index is 12.7. The molecule has 0 amide bonds. The minimum Gasteiger partial charge on any atom is -0.316 e. The summed E-state index contributed by atoms with van der Waals surface area (Å²) >= 11 is 0. The zero-order valence-corrected chi connectivity index (χ0v) is 13.7. The standard InChI is InChI=1S/C19H20N4O/c1-22-17-3-2-13(5-16(17)10-21-22)14-6-18-15-4-12(8-20-9-15)11-23(18)19(24)7-14/h2-3,5-7,10,12,15,20H,4,8-9,11H2,1H3/t12-,15+/m0/s1. The van der Waals surface area contributed by atoms with Crippen LogP contribution in [0.25, 0.3) is 22.0 Å².